The lowest BCUT2D eigenvalue weighted by Crippen LogP contribution is -2.13. The van der Waals surface area contributed by atoms with Gasteiger partial charge in [0.15, 0.2) is 17.3 Å². The molecule has 1 amide bonds. The average Bonchev–Trinajstić information content (AvgIpc) is 3.01. The number of fused-ring (bicyclic) bond motifs is 1. The average molecular weight is 338 g/mol. The molecule has 1 heterocycles. The highest BCUT2D eigenvalue weighted by atomic mass is 16.5. The predicted molar refractivity (Wildman–Crippen MR) is 93.9 cm³/mol. The highest BCUT2D eigenvalue weighted by Gasteiger charge is 2.13. The summed E-state index contributed by atoms with van der Waals surface area (Å²) in [5.74, 6) is 0.785. The Hall–Kier alpha value is -3.15. The summed E-state index contributed by atoms with van der Waals surface area (Å²) in [6.45, 7) is 1.75. The van der Waals surface area contributed by atoms with E-state index in [1.165, 1.54) is 0 Å². The second-order valence-corrected chi connectivity index (χ2v) is 5.59. The van der Waals surface area contributed by atoms with Crippen LogP contribution >= 0.6 is 0 Å². The molecular weight excluding hydrogens is 320 g/mol. The number of aryl methyl sites for hydroxylation is 1. The molecule has 0 saturated carbocycles. The van der Waals surface area contributed by atoms with Crippen molar-refractivity contribution < 1.29 is 18.7 Å². The van der Waals surface area contributed by atoms with Gasteiger partial charge in [-0.15, -0.1) is 0 Å². The first-order valence-corrected chi connectivity index (χ1v) is 7.90. The first-order valence-electron chi connectivity index (χ1n) is 7.90. The Morgan fingerprint density at radius 3 is 2.76 bits per heavy atom. The third kappa shape index (κ3) is 3.85. The number of methoxy groups -OCH3 is 1. The summed E-state index contributed by atoms with van der Waals surface area (Å²) in [5, 5.41) is 2.78. The molecule has 0 atom stereocenters. The predicted octanol–water partition coefficient (Wildman–Crippen LogP) is 3.75. The minimum atomic E-state index is -0.252. The largest absolute Gasteiger partial charge is 0.497 e. The van der Waals surface area contributed by atoms with E-state index in [1.54, 1.807) is 50.4 Å². The van der Waals surface area contributed by atoms with Crippen LogP contribution < -0.4 is 10.1 Å². The highest BCUT2D eigenvalue weighted by molar-refractivity contribution is 6.02. The van der Waals surface area contributed by atoms with Gasteiger partial charge >= 0.3 is 0 Å². The van der Waals surface area contributed by atoms with Crippen LogP contribution in [-0.2, 0) is 4.79 Å². The minimum Gasteiger partial charge on any atom is -0.497 e. The molecule has 0 bridgehead atoms. The molecule has 6 heteroatoms. The van der Waals surface area contributed by atoms with E-state index in [0.717, 1.165) is 0 Å². The van der Waals surface area contributed by atoms with E-state index in [1.807, 2.05) is 6.07 Å². The highest BCUT2D eigenvalue weighted by Crippen LogP contribution is 2.24. The standard InChI is InChI=1S/C19H18N2O4/c1-12-20-15-7-4-8-16(19(15)25-12)21-18(23)10-9-17(22)13-5-3-6-14(11-13)24-2/h3-8,11H,9-10H2,1-2H3,(H,21,23). The molecule has 0 unspecified atom stereocenters. The lowest BCUT2D eigenvalue weighted by molar-refractivity contribution is -0.116. The molecule has 0 fully saturated rings. The van der Waals surface area contributed by atoms with Crippen LogP contribution in [0.5, 0.6) is 5.75 Å². The van der Waals surface area contributed by atoms with Gasteiger partial charge in [-0.05, 0) is 24.3 Å². The van der Waals surface area contributed by atoms with Gasteiger partial charge in [0.25, 0.3) is 0 Å². The molecule has 2 aromatic carbocycles. The molecule has 0 aliphatic carbocycles. The topological polar surface area (TPSA) is 81.4 Å². The number of hydrogen-bond acceptors (Lipinski definition) is 5. The number of hydrogen-bond donors (Lipinski definition) is 1. The summed E-state index contributed by atoms with van der Waals surface area (Å²) >= 11 is 0. The molecule has 25 heavy (non-hydrogen) atoms. The molecule has 128 valence electrons. The summed E-state index contributed by atoms with van der Waals surface area (Å²) in [6.07, 6.45) is 0.198. The Kier molecular flexibility index (Phi) is 4.79. The van der Waals surface area contributed by atoms with E-state index in [-0.39, 0.29) is 24.5 Å². The Bertz CT molecular complexity index is 930. The molecule has 0 aliphatic rings. The van der Waals surface area contributed by atoms with Gasteiger partial charge in [-0.3, -0.25) is 9.59 Å². The Morgan fingerprint density at radius 2 is 1.96 bits per heavy atom. The van der Waals surface area contributed by atoms with Crippen LogP contribution in [0.4, 0.5) is 5.69 Å². The summed E-state index contributed by atoms with van der Waals surface area (Å²) < 4.78 is 10.6. The van der Waals surface area contributed by atoms with Gasteiger partial charge in [-0.1, -0.05) is 18.2 Å². The van der Waals surface area contributed by atoms with Crippen molar-refractivity contribution in [2.24, 2.45) is 0 Å². The van der Waals surface area contributed by atoms with E-state index in [9.17, 15) is 9.59 Å². The number of benzene rings is 2. The summed E-state index contributed by atoms with van der Waals surface area (Å²) in [6, 6.07) is 12.2. The number of carbonyl (C=O) groups is 2. The molecule has 1 aromatic heterocycles. The number of amides is 1. The molecule has 3 aromatic rings. The van der Waals surface area contributed by atoms with Gasteiger partial charge in [0.05, 0.1) is 12.8 Å². The molecule has 1 N–H and O–H groups in total. The Labute approximate surface area is 144 Å². The molecule has 3 rings (SSSR count). The number of ether oxygens (including phenoxy) is 1. The first kappa shape index (κ1) is 16.7. The lowest BCUT2D eigenvalue weighted by Gasteiger charge is -2.06. The SMILES string of the molecule is COc1cccc(C(=O)CCC(=O)Nc2cccc3nc(C)oc23)c1. The zero-order valence-electron chi connectivity index (χ0n) is 14.0. The van der Waals surface area contributed by atoms with Crippen LogP contribution in [0.1, 0.15) is 29.1 Å². The van der Waals surface area contributed by atoms with Gasteiger partial charge in [0, 0.05) is 25.3 Å². The van der Waals surface area contributed by atoms with Crippen LogP contribution in [0.2, 0.25) is 0 Å². The number of para-hydroxylation sites is 1. The lowest BCUT2D eigenvalue weighted by atomic mass is 10.1. The van der Waals surface area contributed by atoms with Gasteiger partial charge in [-0.2, -0.15) is 0 Å². The molecule has 0 spiro atoms. The van der Waals surface area contributed by atoms with Crippen LogP contribution in [0, 0.1) is 6.92 Å². The zero-order chi connectivity index (χ0) is 17.8. The van der Waals surface area contributed by atoms with Gasteiger partial charge in [-0.25, -0.2) is 4.98 Å². The van der Waals surface area contributed by atoms with Crippen molar-refractivity contribution >= 4 is 28.5 Å². The molecule has 0 aliphatic heterocycles. The number of Topliss-reactive ketones (excluding diaryl/α,β-unsaturated/α-hetero) is 1. The second kappa shape index (κ2) is 7.17. The van der Waals surface area contributed by atoms with E-state index < -0.39 is 0 Å². The third-order valence-corrected chi connectivity index (χ3v) is 3.77. The number of aromatic nitrogens is 1. The Balaban J connectivity index is 1.63. The summed E-state index contributed by atoms with van der Waals surface area (Å²) in [5.41, 5.74) is 2.30. The summed E-state index contributed by atoms with van der Waals surface area (Å²) in [4.78, 5) is 28.6. The fourth-order valence-electron chi connectivity index (χ4n) is 2.54. The van der Waals surface area contributed by atoms with Crippen LogP contribution in [0.25, 0.3) is 11.1 Å². The maximum Gasteiger partial charge on any atom is 0.224 e. The van der Waals surface area contributed by atoms with Gasteiger partial charge in [0.1, 0.15) is 11.3 Å². The number of nitrogens with zero attached hydrogens (tertiary/aromatic N) is 1. The monoisotopic (exact) mass is 338 g/mol. The van der Waals surface area contributed by atoms with Crippen LogP contribution in [0.15, 0.2) is 46.9 Å². The Morgan fingerprint density at radius 1 is 1.16 bits per heavy atom. The maximum absolute atomic E-state index is 12.2. The van der Waals surface area contributed by atoms with Crippen molar-refractivity contribution in [1.82, 2.24) is 4.98 Å². The van der Waals surface area contributed by atoms with E-state index >= 15 is 0 Å². The molecule has 0 saturated heterocycles. The minimum absolute atomic E-state index is 0.0829. The van der Waals surface area contributed by atoms with Crippen molar-refractivity contribution in [3.05, 3.63) is 53.9 Å². The fourth-order valence-corrected chi connectivity index (χ4v) is 2.54. The number of rotatable bonds is 6. The fraction of sp³-hybridized carbons (Fsp3) is 0.211. The van der Waals surface area contributed by atoms with Gasteiger partial charge < -0.3 is 14.5 Å². The smallest absolute Gasteiger partial charge is 0.224 e. The number of anilines is 1. The van der Waals surface area contributed by atoms with Crippen molar-refractivity contribution in [2.75, 3.05) is 12.4 Å². The molecular formula is C19H18N2O4. The van der Waals surface area contributed by atoms with E-state index in [0.29, 0.717) is 34.0 Å². The van der Waals surface area contributed by atoms with Crippen LogP contribution in [-0.4, -0.2) is 23.8 Å². The molecule has 6 nitrogen and oxygen atoms in total. The normalized spacial score (nSPS) is 10.6. The summed E-state index contributed by atoms with van der Waals surface area (Å²) in [7, 11) is 1.54. The van der Waals surface area contributed by atoms with Gasteiger partial charge in [0.2, 0.25) is 5.91 Å². The molecule has 0 radical (unpaired) electrons. The zero-order valence-corrected chi connectivity index (χ0v) is 14.0. The van der Waals surface area contributed by atoms with Crippen LogP contribution in [0.3, 0.4) is 0 Å². The number of carbonyl (C=O) groups excluding carboxylic acids is 2. The quantitative estimate of drug-likeness (QED) is 0.692. The number of oxazole rings is 1. The number of ketones is 1. The first-order chi connectivity index (χ1) is 12.1. The van der Waals surface area contributed by atoms with E-state index in [2.05, 4.69) is 10.3 Å². The van der Waals surface area contributed by atoms with Crippen molar-refractivity contribution in [1.29, 1.82) is 0 Å². The van der Waals surface area contributed by atoms with Crippen molar-refractivity contribution in [2.45, 2.75) is 19.8 Å². The third-order valence-electron chi connectivity index (χ3n) is 3.77. The van der Waals surface area contributed by atoms with Crippen molar-refractivity contribution in [3.8, 4) is 5.75 Å². The number of nitrogens with one attached hydrogen (secondary N) is 1. The van der Waals surface area contributed by atoms with E-state index in [4.69, 9.17) is 9.15 Å². The second-order valence-electron chi connectivity index (χ2n) is 5.59. The maximum atomic E-state index is 12.2. The van der Waals surface area contributed by atoms with Crippen molar-refractivity contribution in [3.63, 3.8) is 0 Å².